The Morgan fingerprint density at radius 2 is 1.88 bits per heavy atom. The van der Waals surface area contributed by atoms with Gasteiger partial charge < -0.3 is 9.30 Å². The molecule has 0 N–H and O–H groups in total. The van der Waals surface area contributed by atoms with Crippen molar-refractivity contribution >= 4 is 10.9 Å². The first-order chi connectivity index (χ1) is 15.6. The summed E-state index contributed by atoms with van der Waals surface area (Å²) in [6, 6.07) is 19.7. The molecule has 5 nitrogen and oxygen atoms in total. The van der Waals surface area contributed by atoms with Crippen LogP contribution in [0.15, 0.2) is 71.7 Å². The van der Waals surface area contributed by atoms with Crippen molar-refractivity contribution in [1.82, 2.24) is 14.0 Å². The largest absolute Gasteiger partial charge is 0.489 e. The molecule has 0 aliphatic carbocycles. The first kappa shape index (κ1) is 20.6. The highest BCUT2D eigenvalue weighted by molar-refractivity contribution is 5.87. The summed E-state index contributed by atoms with van der Waals surface area (Å²) < 4.78 is 9.80. The third-order valence-corrected chi connectivity index (χ3v) is 6.43. The minimum Gasteiger partial charge on any atom is -0.489 e. The van der Waals surface area contributed by atoms with Gasteiger partial charge in [0.05, 0.1) is 11.2 Å². The second kappa shape index (κ2) is 8.67. The number of fused-ring (bicyclic) bond motifs is 3. The molecule has 0 saturated heterocycles. The van der Waals surface area contributed by atoms with E-state index in [2.05, 4.69) is 35.6 Å². The first-order valence-corrected chi connectivity index (χ1v) is 11.4. The van der Waals surface area contributed by atoms with Crippen molar-refractivity contribution in [2.75, 3.05) is 13.1 Å². The Bertz CT molecular complexity index is 1300. The minimum absolute atomic E-state index is 0.0944. The SMILES string of the molecule is CCCN1CCc2c(n(C)c3cc(-n4ccc(OCc5ccccc5)cc4=O)ccc23)C1. The lowest BCUT2D eigenvalue weighted by atomic mass is 10.0. The first-order valence-electron chi connectivity index (χ1n) is 11.4. The van der Waals surface area contributed by atoms with E-state index in [0.29, 0.717) is 12.4 Å². The van der Waals surface area contributed by atoms with Crippen molar-refractivity contribution in [3.8, 4) is 11.4 Å². The molecule has 1 aliphatic rings. The maximum Gasteiger partial charge on any atom is 0.258 e. The van der Waals surface area contributed by atoms with Gasteiger partial charge in [-0.2, -0.15) is 0 Å². The molecule has 2 aromatic carbocycles. The molecular formula is C27H29N3O2. The number of ether oxygens (including phenoxy) is 1. The van der Waals surface area contributed by atoms with Crippen molar-refractivity contribution in [2.24, 2.45) is 7.05 Å². The highest BCUT2D eigenvalue weighted by Gasteiger charge is 2.22. The van der Waals surface area contributed by atoms with E-state index in [1.165, 1.54) is 28.6 Å². The van der Waals surface area contributed by atoms with Crippen LogP contribution in [0.4, 0.5) is 0 Å². The summed E-state index contributed by atoms with van der Waals surface area (Å²) >= 11 is 0. The number of rotatable bonds is 6. The van der Waals surface area contributed by atoms with Crippen molar-refractivity contribution in [3.63, 3.8) is 0 Å². The molecule has 0 fully saturated rings. The van der Waals surface area contributed by atoms with E-state index >= 15 is 0 Å². The highest BCUT2D eigenvalue weighted by Crippen LogP contribution is 2.31. The zero-order chi connectivity index (χ0) is 22.1. The van der Waals surface area contributed by atoms with E-state index in [9.17, 15) is 4.79 Å². The number of hydrogen-bond acceptors (Lipinski definition) is 3. The van der Waals surface area contributed by atoms with E-state index in [0.717, 1.165) is 37.3 Å². The fourth-order valence-corrected chi connectivity index (χ4v) is 4.76. The van der Waals surface area contributed by atoms with Gasteiger partial charge in [-0.05, 0) is 48.7 Å². The zero-order valence-corrected chi connectivity index (χ0v) is 18.8. The van der Waals surface area contributed by atoms with Crippen LogP contribution >= 0.6 is 0 Å². The fraction of sp³-hybridized carbons (Fsp3) is 0.296. The third-order valence-electron chi connectivity index (χ3n) is 6.43. The van der Waals surface area contributed by atoms with Crippen molar-refractivity contribution in [3.05, 3.63) is 94.0 Å². The average Bonchev–Trinajstić information content (AvgIpc) is 3.10. The van der Waals surface area contributed by atoms with Gasteiger partial charge in [0.15, 0.2) is 0 Å². The zero-order valence-electron chi connectivity index (χ0n) is 18.8. The standard InChI is InChI=1S/C27H29N3O2/c1-3-13-29-14-12-24-23-10-9-21(16-25(23)28(2)26(24)18-29)30-15-11-22(17-27(30)31)32-19-20-7-5-4-6-8-20/h4-11,15-17H,3,12-14,18-19H2,1-2H3. The molecular weight excluding hydrogens is 398 g/mol. The number of pyridine rings is 1. The Labute approximate surface area is 188 Å². The third kappa shape index (κ3) is 3.84. The molecule has 2 aromatic heterocycles. The summed E-state index contributed by atoms with van der Waals surface area (Å²) in [5, 5.41) is 1.30. The van der Waals surface area contributed by atoms with Crippen molar-refractivity contribution in [1.29, 1.82) is 0 Å². The molecule has 4 aromatic rings. The Kier molecular flexibility index (Phi) is 5.58. The Balaban J connectivity index is 1.42. The van der Waals surface area contributed by atoms with E-state index < -0.39 is 0 Å². The summed E-state index contributed by atoms with van der Waals surface area (Å²) in [5.41, 5.74) is 5.89. The second-order valence-electron chi connectivity index (χ2n) is 8.56. The summed E-state index contributed by atoms with van der Waals surface area (Å²) in [4.78, 5) is 15.4. The molecule has 0 unspecified atom stereocenters. The van der Waals surface area contributed by atoms with Gasteiger partial charge in [-0.3, -0.25) is 14.3 Å². The van der Waals surface area contributed by atoms with Crippen LogP contribution in [-0.4, -0.2) is 27.1 Å². The van der Waals surface area contributed by atoms with Crippen LogP contribution in [0.5, 0.6) is 5.75 Å². The summed E-state index contributed by atoms with van der Waals surface area (Å²) in [5.74, 6) is 0.585. The lowest BCUT2D eigenvalue weighted by Crippen LogP contribution is -2.31. The van der Waals surface area contributed by atoms with E-state index in [-0.39, 0.29) is 5.56 Å². The molecule has 32 heavy (non-hydrogen) atoms. The predicted octanol–water partition coefficient (Wildman–Crippen LogP) is 4.68. The molecule has 0 spiro atoms. The van der Waals surface area contributed by atoms with Crippen LogP contribution in [0.1, 0.15) is 30.2 Å². The summed E-state index contributed by atoms with van der Waals surface area (Å²) in [7, 11) is 2.14. The van der Waals surface area contributed by atoms with Gasteiger partial charge >= 0.3 is 0 Å². The van der Waals surface area contributed by atoms with Crippen LogP contribution in [0.25, 0.3) is 16.6 Å². The van der Waals surface area contributed by atoms with Gasteiger partial charge in [0.25, 0.3) is 5.56 Å². The van der Waals surface area contributed by atoms with Gasteiger partial charge in [-0.25, -0.2) is 0 Å². The smallest absolute Gasteiger partial charge is 0.258 e. The summed E-state index contributed by atoms with van der Waals surface area (Å²) in [6.07, 6.45) is 4.06. The van der Waals surface area contributed by atoms with Crippen LogP contribution in [0.3, 0.4) is 0 Å². The second-order valence-corrected chi connectivity index (χ2v) is 8.56. The van der Waals surface area contributed by atoms with Gasteiger partial charge in [0.1, 0.15) is 12.4 Å². The molecule has 3 heterocycles. The average molecular weight is 428 g/mol. The van der Waals surface area contributed by atoms with Gasteiger partial charge in [-0.15, -0.1) is 0 Å². The van der Waals surface area contributed by atoms with Crippen molar-refractivity contribution in [2.45, 2.75) is 32.9 Å². The molecule has 164 valence electrons. The highest BCUT2D eigenvalue weighted by atomic mass is 16.5. The van der Waals surface area contributed by atoms with Gasteiger partial charge in [0.2, 0.25) is 0 Å². The lowest BCUT2D eigenvalue weighted by Gasteiger charge is -2.27. The van der Waals surface area contributed by atoms with E-state index in [1.54, 1.807) is 16.8 Å². The topological polar surface area (TPSA) is 39.4 Å². The van der Waals surface area contributed by atoms with E-state index in [1.807, 2.05) is 42.5 Å². The Morgan fingerprint density at radius 1 is 1.03 bits per heavy atom. The van der Waals surface area contributed by atoms with Crippen molar-refractivity contribution < 1.29 is 4.74 Å². The van der Waals surface area contributed by atoms with Crippen LogP contribution < -0.4 is 10.3 Å². The maximum atomic E-state index is 12.9. The Hall–Kier alpha value is -3.31. The van der Waals surface area contributed by atoms with E-state index in [4.69, 9.17) is 4.74 Å². The quantitative estimate of drug-likeness (QED) is 0.449. The fourth-order valence-electron chi connectivity index (χ4n) is 4.76. The predicted molar refractivity (Wildman–Crippen MR) is 129 cm³/mol. The maximum absolute atomic E-state index is 12.9. The monoisotopic (exact) mass is 427 g/mol. The molecule has 0 atom stereocenters. The molecule has 0 bridgehead atoms. The number of nitrogens with zero attached hydrogens (tertiary/aromatic N) is 3. The molecule has 5 rings (SSSR count). The molecule has 0 saturated carbocycles. The molecule has 0 amide bonds. The van der Waals surface area contributed by atoms with Gasteiger partial charge in [-0.1, -0.05) is 43.3 Å². The lowest BCUT2D eigenvalue weighted by molar-refractivity contribution is 0.249. The number of aryl methyl sites for hydroxylation is 1. The minimum atomic E-state index is -0.0944. The Morgan fingerprint density at radius 3 is 2.66 bits per heavy atom. The van der Waals surface area contributed by atoms with Crippen LogP contribution in [0.2, 0.25) is 0 Å². The van der Waals surface area contributed by atoms with Crippen LogP contribution in [0, 0.1) is 0 Å². The van der Waals surface area contributed by atoms with Gasteiger partial charge in [0, 0.05) is 43.5 Å². The van der Waals surface area contributed by atoms with Crippen LogP contribution in [-0.2, 0) is 26.6 Å². The summed E-state index contributed by atoms with van der Waals surface area (Å²) in [6.45, 7) is 5.93. The normalized spacial score (nSPS) is 13.9. The number of hydrogen-bond donors (Lipinski definition) is 0. The molecule has 0 radical (unpaired) electrons. The number of aromatic nitrogens is 2. The molecule has 5 heteroatoms. The molecule has 1 aliphatic heterocycles. The number of benzene rings is 2.